The Morgan fingerprint density at radius 2 is 2.00 bits per heavy atom. The highest BCUT2D eigenvalue weighted by Gasteiger charge is 2.09. The second kappa shape index (κ2) is 9.34. The van der Waals surface area contributed by atoms with Crippen LogP contribution < -0.4 is 5.32 Å². The molecule has 1 heterocycles. The highest BCUT2D eigenvalue weighted by Crippen LogP contribution is 2.12. The van der Waals surface area contributed by atoms with Gasteiger partial charge in [-0.15, -0.1) is 0 Å². The lowest BCUT2D eigenvalue weighted by atomic mass is 10.1. The normalized spacial score (nSPS) is 12.4. The van der Waals surface area contributed by atoms with Crippen LogP contribution in [0.1, 0.15) is 23.8 Å². The van der Waals surface area contributed by atoms with Crippen LogP contribution in [-0.2, 0) is 16.1 Å². The van der Waals surface area contributed by atoms with Gasteiger partial charge in [0.05, 0.1) is 18.9 Å². The molecule has 0 saturated heterocycles. The van der Waals surface area contributed by atoms with Gasteiger partial charge in [0.2, 0.25) is 0 Å². The molecular weight excluding hydrogens is 266 g/mol. The fourth-order valence-corrected chi connectivity index (χ4v) is 2.14. The van der Waals surface area contributed by atoms with Gasteiger partial charge in [0, 0.05) is 13.7 Å². The SMILES string of the molecule is COCC(NCCCOCc1ccco1)c1ccccc1. The summed E-state index contributed by atoms with van der Waals surface area (Å²) in [5.41, 5.74) is 1.25. The Labute approximate surface area is 126 Å². The molecule has 2 rings (SSSR count). The number of rotatable bonds is 10. The Morgan fingerprint density at radius 1 is 1.14 bits per heavy atom. The maximum absolute atomic E-state index is 5.56. The maximum atomic E-state index is 5.56. The standard InChI is InChI=1S/C17H23NO3/c1-19-14-17(15-7-3-2-4-8-15)18-10-6-11-20-13-16-9-5-12-21-16/h2-5,7-9,12,17-18H,6,10-11,13-14H2,1H3. The molecule has 0 saturated carbocycles. The van der Waals surface area contributed by atoms with Gasteiger partial charge in [0.15, 0.2) is 0 Å². The Balaban J connectivity index is 1.63. The van der Waals surface area contributed by atoms with Crippen molar-refractivity contribution in [3.63, 3.8) is 0 Å². The Bertz CT molecular complexity index is 470. The Morgan fingerprint density at radius 3 is 2.71 bits per heavy atom. The third-order valence-corrected chi connectivity index (χ3v) is 3.22. The number of ether oxygens (including phenoxy) is 2. The molecule has 0 aliphatic rings. The smallest absolute Gasteiger partial charge is 0.129 e. The summed E-state index contributed by atoms with van der Waals surface area (Å²) >= 11 is 0. The van der Waals surface area contributed by atoms with Gasteiger partial charge in [0.1, 0.15) is 12.4 Å². The highest BCUT2D eigenvalue weighted by molar-refractivity contribution is 5.18. The summed E-state index contributed by atoms with van der Waals surface area (Å²) in [5.74, 6) is 0.865. The first-order valence-corrected chi connectivity index (χ1v) is 7.27. The van der Waals surface area contributed by atoms with E-state index in [1.807, 2.05) is 30.3 Å². The molecule has 4 heteroatoms. The quantitative estimate of drug-likeness (QED) is 0.682. The minimum absolute atomic E-state index is 0.223. The zero-order valence-electron chi connectivity index (χ0n) is 12.5. The summed E-state index contributed by atoms with van der Waals surface area (Å²) in [6, 6.07) is 14.4. The Kier molecular flexibility index (Phi) is 7.01. The van der Waals surface area contributed by atoms with Crippen LogP contribution in [0.5, 0.6) is 0 Å². The molecule has 0 amide bonds. The first-order chi connectivity index (χ1) is 10.4. The number of furan rings is 1. The van der Waals surface area contributed by atoms with Crippen LogP contribution in [0, 0.1) is 0 Å². The molecule has 0 aliphatic carbocycles. The van der Waals surface area contributed by atoms with Gasteiger partial charge in [-0.25, -0.2) is 0 Å². The van der Waals surface area contributed by atoms with Crippen molar-refractivity contribution in [1.29, 1.82) is 0 Å². The van der Waals surface area contributed by atoms with Crippen LogP contribution >= 0.6 is 0 Å². The fourth-order valence-electron chi connectivity index (χ4n) is 2.14. The van der Waals surface area contributed by atoms with E-state index in [0.29, 0.717) is 19.8 Å². The minimum atomic E-state index is 0.223. The van der Waals surface area contributed by atoms with E-state index in [1.165, 1.54) is 5.56 Å². The number of hydrogen-bond acceptors (Lipinski definition) is 4. The zero-order valence-corrected chi connectivity index (χ0v) is 12.5. The average Bonchev–Trinajstić information content (AvgIpc) is 3.04. The average molecular weight is 289 g/mol. The van der Waals surface area contributed by atoms with Crippen molar-refractivity contribution in [2.75, 3.05) is 26.9 Å². The number of methoxy groups -OCH3 is 1. The molecule has 0 bridgehead atoms. The minimum Gasteiger partial charge on any atom is -0.467 e. The zero-order chi connectivity index (χ0) is 14.8. The number of nitrogens with one attached hydrogen (secondary N) is 1. The summed E-state index contributed by atoms with van der Waals surface area (Å²) in [4.78, 5) is 0. The van der Waals surface area contributed by atoms with Gasteiger partial charge in [-0.3, -0.25) is 0 Å². The number of benzene rings is 1. The first-order valence-electron chi connectivity index (χ1n) is 7.27. The van der Waals surface area contributed by atoms with E-state index in [-0.39, 0.29) is 6.04 Å². The van der Waals surface area contributed by atoms with Gasteiger partial charge in [-0.2, -0.15) is 0 Å². The van der Waals surface area contributed by atoms with Crippen LogP contribution in [0.2, 0.25) is 0 Å². The van der Waals surface area contributed by atoms with Crippen molar-refractivity contribution in [3.8, 4) is 0 Å². The van der Waals surface area contributed by atoms with Crippen LogP contribution in [0.3, 0.4) is 0 Å². The van der Waals surface area contributed by atoms with Crippen molar-refractivity contribution in [3.05, 3.63) is 60.1 Å². The van der Waals surface area contributed by atoms with E-state index >= 15 is 0 Å². The van der Waals surface area contributed by atoms with E-state index in [1.54, 1.807) is 13.4 Å². The molecule has 0 radical (unpaired) electrons. The van der Waals surface area contributed by atoms with Gasteiger partial charge >= 0.3 is 0 Å². The molecule has 4 nitrogen and oxygen atoms in total. The van der Waals surface area contributed by atoms with E-state index in [2.05, 4.69) is 17.4 Å². The molecule has 114 valence electrons. The van der Waals surface area contributed by atoms with Crippen molar-refractivity contribution in [2.24, 2.45) is 0 Å². The van der Waals surface area contributed by atoms with Crippen molar-refractivity contribution >= 4 is 0 Å². The van der Waals surface area contributed by atoms with Gasteiger partial charge in [0.25, 0.3) is 0 Å². The summed E-state index contributed by atoms with van der Waals surface area (Å²) in [5, 5.41) is 3.50. The van der Waals surface area contributed by atoms with Crippen molar-refractivity contribution < 1.29 is 13.9 Å². The first kappa shape index (κ1) is 15.8. The molecule has 0 aliphatic heterocycles. The predicted octanol–water partition coefficient (Wildman–Crippen LogP) is 3.16. The summed E-state index contributed by atoms with van der Waals surface area (Å²) in [6.07, 6.45) is 2.61. The third kappa shape index (κ3) is 5.71. The molecule has 1 atom stereocenters. The maximum Gasteiger partial charge on any atom is 0.129 e. The second-order valence-corrected chi connectivity index (χ2v) is 4.86. The van der Waals surface area contributed by atoms with Crippen LogP contribution in [0.15, 0.2) is 53.1 Å². The van der Waals surface area contributed by atoms with Gasteiger partial charge in [-0.05, 0) is 30.7 Å². The lowest BCUT2D eigenvalue weighted by molar-refractivity contribution is 0.102. The molecule has 1 N–H and O–H groups in total. The lowest BCUT2D eigenvalue weighted by Crippen LogP contribution is -2.26. The molecule has 1 aromatic heterocycles. The molecule has 1 unspecified atom stereocenters. The molecule has 21 heavy (non-hydrogen) atoms. The Hall–Kier alpha value is -1.62. The summed E-state index contributed by atoms with van der Waals surface area (Å²) in [6.45, 7) is 2.80. The van der Waals surface area contributed by atoms with Crippen molar-refractivity contribution in [2.45, 2.75) is 19.1 Å². The topological polar surface area (TPSA) is 43.6 Å². The second-order valence-electron chi connectivity index (χ2n) is 4.86. The third-order valence-electron chi connectivity index (χ3n) is 3.22. The molecule has 1 aromatic carbocycles. The van der Waals surface area contributed by atoms with E-state index in [4.69, 9.17) is 13.9 Å². The van der Waals surface area contributed by atoms with Gasteiger partial charge in [-0.1, -0.05) is 30.3 Å². The van der Waals surface area contributed by atoms with Crippen LogP contribution in [0.4, 0.5) is 0 Å². The summed E-state index contributed by atoms with van der Waals surface area (Å²) in [7, 11) is 1.73. The summed E-state index contributed by atoms with van der Waals surface area (Å²) < 4.78 is 16.1. The molecular formula is C17H23NO3. The van der Waals surface area contributed by atoms with Crippen LogP contribution in [0.25, 0.3) is 0 Å². The van der Waals surface area contributed by atoms with E-state index in [0.717, 1.165) is 18.7 Å². The number of hydrogen-bond donors (Lipinski definition) is 1. The highest BCUT2D eigenvalue weighted by atomic mass is 16.5. The van der Waals surface area contributed by atoms with E-state index < -0.39 is 0 Å². The molecule has 0 fully saturated rings. The lowest BCUT2D eigenvalue weighted by Gasteiger charge is -2.18. The predicted molar refractivity (Wildman–Crippen MR) is 82.0 cm³/mol. The fraction of sp³-hybridized carbons (Fsp3) is 0.412. The van der Waals surface area contributed by atoms with Crippen LogP contribution in [-0.4, -0.2) is 26.9 Å². The molecule has 2 aromatic rings. The largest absolute Gasteiger partial charge is 0.467 e. The van der Waals surface area contributed by atoms with E-state index in [9.17, 15) is 0 Å². The van der Waals surface area contributed by atoms with Crippen molar-refractivity contribution in [1.82, 2.24) is 5.32 Å². The van der Waals surface area contributed by atoms with Gasteiger partial charge < -0.3 is 19.2 Å². The monoisotopic (exact) mass is 289 g/mol. The molecule has 0 spiro atoms.